The predicted octanol–water partition coefficient (Wildman–Crippen LogP) is 2.99. The van der Waals surface area contributed by atoms with Crippen LogP contribution >= 0.6 is 15.9 Å². The first-order valence-corrected chi connectivity index (χ1v) is 6.14. The number of carbonyl (C=O) groups is 1. The van der Waals surface area contributed by atoms with Crippen molar-refractivity contribution in [2.75, 3.05) is 11.1 Å². The third kappa shape index (κ3) is 2.68. The van der Waals surface area contributed by atoms with E-state index in [1.54, 1.807) is 36.7 Å². The zero-order chi connectivity index (χ0) is 13.1. The number of hydrogen-bond donors (Lipinski definition) is 2. The Hall–Kier alpha value is -1.88. The molecule has 0 aliphatic carbocycles. The van der Waals surface area contributed by atoms with Crippen molar-refractivity contribution in [3.63, 3.8) is 0 Å². The van der Waals surface area contributed by atoms with Crippen LogP contribution in [0.5, 0.6) is 0 Å². The van der Waals surface area contributed by atoms with E-state index in [4.69, 9.17) is 5.73 Å². The van der Waals surface area contributed by atoms with Crippen molar-refractivity contribution in [3.8, 4) is 0 Å². The number of rotatable bonds is 2. The molecule has 0 aliphatic heterocycles. The van der Waals surface area contributed by atoms with E-state index >= 15 is 0 Å². The number of hydrogen-bond acceptors (Lipinski definition) is 3. The summed E-state index contributed by atoms with van der Waals surface area (Å²) in [5.41, 5.74) is 8.50. The van der Waals surface area contributed by atoms with E-state index in [1.165, 1.54) is 0 Å². The lowest BCUT2D eigenvalue weighted by Gasteiger charge is -2.08. The number of pyridine rings is 1. The van der Waals surface area contributed by atoms with Crippen LogP contribution in [0.1, 0.15) is 15.9 Å². The fourth-order valence-corrected chi connectivity index (χ4v) is 1.86. The van der Waals surface area contributed by atoms with Crippen LogP contribution in [-0.4, -0.2) is 10.9 Å². The van der Waals surface area contributed by atoms with Crippen LogP contribution in [0.15, 0.2) is 41.1 Å². The molecule has 0 bridgehead atoms. The van der Waals surface area contributed by atoms with Gasteiger partial charge in [0.05, 0.1) is 0 Å². The van der Waals surface area contributed by atoms with Crippen LogP contribution in [0.4, 0.5) is 11.4 Å². The Morgan fingerprint density at radius 3 is 2.83 bits per heavy atom. The molecule has 2 aromatic rings. The first kappa shape index (κ1) is 12.6. The molecule has 92 valence electrons. The molecule has 0 atom stereocenters. The SMILES string of the molecule is Cc1cnccc1NC(=O)c1ccc(N)c(Br)c1. The van der Waals surface area contributed by atoms with Gasteiger partial charge in [0.2, 0.25) is 0 Å². The van der Waals surface area contributed by atoms with Crippen molar-refractivity contribution in [2.45, 2.75) is 6.92 Å². The summed E-state index contributed by atoms with van der Waals surface area (Å²) in [6, 6.07) is 6.84. The number of carbonyl (C=O) groups excluding carboxylic acids is 1. The molecule has 0 saturated carbocycles. The number of anilines is 2. The largest absolute Gasteiger partial charge is 0.398 e. The maximum absolute atomic E-state index is 12.0. The van der Waals surface area contributed by atoms with E-state index in [1.807, 2.05) is 6.92 Å². The van der Waals surface area contributed by atoms with Crippen molar-refractivity contribution in [2.24, 2.45) is 0 Å². The highest BCUT2D eigenvalue weighted by Crippen LogP contribution is 2.21. The molecular formula is C13H12BrN3O. The Morgan fingerprint density at radius 2 is 2.17 bits per heavy atom. The summed E-state index contributed by atoms with van der Waals surface area (Å²) in [7, 11) is 0. The summed E-state index contributed by atoms with van der Waals surface area (Å²) in [6.45, 7) is 1.89. The van der Waals surface area contributed by atoms with Crippen LogP contribution in [0.2, 0.25) is 0 Å². The van der Waals surface area contributed by atoms with Crippen LogP contribution in [-0.2, 0) is 0 Å². The summed E-state index contributed by atoms with van der Waals surface area (Å²) in [5.74, 6) is -0.176. The average Bonchev–Trinajstić information content (AvgIpc) is 2.35. The maximum atomic E-state index is 12.0. The molecule has 0 unspecified atom stereocenters. The standard InChI is InChI=1S/C13H12BrN3O/c1-8-7-16-5-4-12(8)17-13(18)9-2-3-11(15)10(14)6-9/h2-7H,15H2,1H3,(H,16,17,18). The van der Waals surface area contributed by atoms with Crippen molar-refractivity contribution in [1.82, 2.24) is 4.98 Å². The fourth-order valence-electron chi connectivity index (χ4n) is 1.48. The summed E-state index contributed by atoms with van der Waals surface area (Å²) in [6.07, 6.45) is 3.34. The van der Waals surface area contributed by atoms with Crippen LogP contribution in [0.25, 0.3) is 0 Å². The van der Waals surface area contributed by atoms with Gasteiger partial charge in [-0.1, -0.05) is 0 Å². The maximum Gasteiger partial charge on any atom is 0.255 e. The third-order valence-electron chi connectivity index (χ3n) is 2.53. The van der Waals surface area contributed by atoms with Crippen LogP contribution in [0, 0.1) is 6.92 Å². The lowest BCUT2D eigenvalue weighted by molar-refractivity contribution is 0.102. The predicted molar refractivity (Wildman–Crippen MR) is 75.5 cm³/mol. The second kappa shape index (κ2) is 5.18. The van der Waals surface area contributed by atoms with Gasteiger partial charge >= 0.3 is 0 Å². The second-order valence-corrected chi connectivity index (χ2v) is 4.74. The molecule has 1 aromatic carbocycles. The normalized spacial score (nSPS) is 10.1. The van der Waals surface area contributed by atoms with E-state index in [0.717, 1.165) is 11.3 Å². The number of nitrogens with one attached hydrogen (secondary N) is 1. The molecular weight excluding hydrogens is 294 g/mol. The van der Waals surface area contributed by atoms with Gasteiger partial charge in [-0.25, -0.2) is 0 Å². The van der Waals surface area contributed by atoms with Gasteiger partial charge in [-0.15, -0.1) is 0 Å². The Labute approximate surface area is 113 Å². The summed E-state index contributed by atoms with van der Waals surface area (Å²) in [4.78, 5) is 16.0. The number of benzene rings is 1. The van der Waals surface area contributed by atoms with E-state index in [9.17, 15) is 4.79 Å². The number of aromatic nitrogens is 1. The molecule has 0 spiro atoms. The van der Waals surface area contributed by atoms with Gasteiger partial charge in [-0.2, -0.15) is 0 Å². The minimum Gasteiger partial charge on any atom is -0.398 e. The van der Waals surface area contributed by atoms with Gasteiger partial charge in [0.15, 0.2) is 0 Å². The lowest BCUT2D eigenvalue weighted by Crippen LogP contribution is -2.13. The number of halogens is 1. The summed E-state index contributed by atoms with van der Waals surface area (Å²) >= 11 is 3.30. The van der Waals surface area contributed by atoms with Gasteiger partial charge in [-0.05, 0) is 52.7 Å². The highest BCUT2D eigenvalue weighted by molar-refractivity contribution is 9.10. The molecule has 1 amide bonds. The minimum atomic E-state index is -0.176. The van der Waals surface area contributed by atoms with Gasteiger partial charge in [0, 0.05) is 33.8 Å². The molecule has 0 radical (unpaired) electrons. The van der Waals surface area contributed by atoms with E-state index in [0.29, 0.717) is 15.7 Å². The van der Waals surface area contributed by atoms with Crippen molar-refractivity contribution >= 4 is 33.2 Å². The molecule has 0 saturated heterocycles. The molecule has 5 heteroatoms. The monoisotopic (exact) mass is 305 g/mol. The molecule has 4 nitrogen and oxygen atoms in total. The highest BCUT2D eigenvalue weighted by Gasteiger charge is 2.08. The molecule has 18 heavy (non-hydrogen) atoms. The van der Waals surface area contributed by atoms with Gasteiger partial charge < -0.3 is 11.1 Å². The first-order valence-electron chi connectivity index (χ1n) is 5.35. The molecule has 0 fully saturated rings. The Balaban J connectivity index is 2.22. The molecule has 1 heterocycles. The van der Waals surface area contributed by atoms with Crippen molar-refractivity contribution in [3.05, 3.63) is 52.3 Å². The Kier molecular flexibility index (Phi) is 3.62. The number of nitrogens with two attached hydrogens (primary N) is 1. The van der Waals surface area contributed by atoms with Crippen LogP contribution < -0.4 is 11.1 Å². The zero-order valence-corrected chi connectivity index (χ0v) is 11.4. The van der Waals surface area contributed by atoms with E-state index < -0.39 is 0 Å². The smallest absolute Gasteiger partial charge is 0.255 e. The third-order valence-corrected chi connectivity index (χ3v) is 3.22. The number of aryl methyl sites for hydroxylation is 1. The van der Waals surface area contributed by atoms with Gasteiger partial charge in [-0.3, -0.25) is 9.78 Å². The lowest BCUT2D eigenvalue weighted by atomic mass is 10.2. The van der Waals surface area contributed by atoms with Crippen molar-refractivity contribution < 1.29 is 4.79 Å². The van der Waals surface area contributed by atoms with E-state index in [-0.39, 0.29) is 5.91 Å². The number of nitrogen functional groups attached to an aromatic ring is 1. The molecule has 2 rings (SSSR count). The van der Waals surface area contributed by atoms with Gasteiger partial charge in [0.25, 0.3) is 5.91 Å². The van der Waals surface area contributed by atoms with Crippen molar-refractivity contribution in [1.29, 1.82) is 0 Å². The van der Waals surface area contributed by atoms with E-state index in [2.05, 4.69) is 26.2 Å². The number of nitrogens with zero attached hydrogens (tertiary/aromatic N) is 1. The molecule has 0 aliphatic rings. The Bertz CT molecular complexity index is 599. The summed E-state index contributed by atoms with van der Waals surface area (Å²) < 4.78 is 0.710. The Morgan fingerprint density at radius 1 is 1.39 bits per heavy atom. The molecule has 3 N–H and O–H groups in total. The second-order valence-electron chi connectivity index (χ2n) is 3.88. The number of amides is 1. The minimum absolute atomic E-state index is 0.176. The van der Waals surface area contributed by atoms with Crippen LogP contribution in [0.3, 0.4) is 0 Å². The average molecular weight is 306 g/mol. The summed E-state index contributed by atoms with van der Waals surface area (Å²) in [5, 5.41) is 2.83. The zero-order valence-electron chi connectivity index (χ0n) is 9.77. The first-order chi connectivity index (χ1) is 8.58. The molecule has 1 aromatic heterocycles. The fraction of sp³-hybridized carbons (Fsp3) is 0.0769. The quantitative estimate of drug-likeness (QED) is 0.838. The highest BCUT2D eigenvalue weighted by atomic mass is 79.9. The van der Waals surface area contributed by atoms with Gasteiger partial charge in [0.1, 0.15) is 0 Å². The topological polar surface area (TPSA) is 68.0 Å².